The molecule has 2 aromatic carbocycles. The largest absolute Gasteiger partial charge is 0.336 e. The lowest BCUT2D eigenvalue weighted by molar-refractivity contribution is 0.0623. The van der Waals surface area contributed by atoms with Gasteiger partial charge < -0.3 is 4.90 Å². The van der Waals surface area contributed by atoms with E-state index in [1.807, 2.05) is 0 Å². The second-order valence-corrected chi connectivity index (χ2v) is 7.07. The molecule has 0 aromatic heterocycles. The Morgan fingerprint density at radius 3 is 2.27 bits per heavy atom. The SMILES string of the molecule is CC(C)c1ccc(CN2CCN(C(=O)c3cccc(F)c3F)CC2)cc1. The van der Waals surface area contributed by atoms with Gasteiger partial charge in [0.1, 0.15) is 0 Å². The van der Waals surface area contributed by atoms with E-state index in [0.29, 0.717) is 32.1 Å². The average Bonchev–Trinajstić information content (AvgIpc) is 2.64. The summed E-state index contributed by atoms with van der Waals surface area (Å²) in [4.78, 5) is 16.3. The minimum Gasteiger partial charge on any atom is -0.336 e. The Kier molecular flexibility index (Phi) is 5.67. The molecular weight excluding hydrogens is 334 g/mol. The van der Waals surface area contributed by atoms with Gasteiger partial charge in [-0.25, -0.2) is 8.78 Å². The molecule has 3 rings (SSSR count). The molecule has 5 heteroatoms. The summed E-state index contributed by atoms with van der Waals surface area (Å²) in [6.07, 6.45) is 0. The van der Waals surface area contributed by atoms with Crippen LogP contribution in [0.4, 0.5) is 8.78 Å². The fraction of sp³-hybridized carbons (Fsp3) is 0.381. The summed E-state index contributed by atoms with van der Waals surface area (Å²) in [6.45, 7) is 7.63. The molecule has 1 aliphatic rings. The van der Waals surface area contributed by atoms with Crippen molar-refractivity contribution < 1.29 is 13.6 Å². The van der Waals surface area contributed by atoms with E-state index in [1.54, 1.807) is 4.90 Å². The third-order valence-corrected chi connectivity index (χ3v) is 4.89. The van der Waals surface area contributed by atoms with Gasteiger partial charge in [-0.1, -0.05) is 44.2 Å². The van der Waals surface area contributed by atoms with Gasteiger partial charge in [0.2, 0.25) is 0 Å². The fourth-order valence-electron chi connectivity index (χ4n) is 3.21. The molecule has 138 valence electrons. The molecule has 1 saturated heterocycles. The van der Waals surface area contributed by atoms with E-state index >= 15 is 0 Å². The van der Waals surface area contributed by atoms with Crippen LogP contribution < -0.4 is 0 Å². The molecule has 1 fully saturated rings. The van der Waals surface area contributed by atoms with Gasteiger partial charge in [0, 0.05) is 32.7 Å². The highest BCUT2D eigenvalue weighted by atomic mass is 19.2. The van der Waals surface area contributed by atoms with Crippen LogP contribution in [0.1, 0.15) is 41.3 Å². The molecule has 1 aliphatic heterocycles. The van der Waals surface area contributed by atoms with Crippen molar-refractivity contribution in [3.05, 3.63) is 70.8 Å². The summed E-state index contributed by atoms with van der Waals surface area (Å²) < 4.78 is 27.2. The van der Waals surface area contributed by atoms with Crippen LogP contribution in [-0.4, -0.2) is 41.9 Å². The van der Waals surface area contributed by atoms with Gasteiger partial charge >= 0.3 is 0 Å². The van der Waals surface area contributed by atoms with Gasteiger partial charge in [0.25, 0.3) is 5.91 Å². The molecule has 0 N–H and O–H groups in total. The van der Waals surface area contributed by atoms with E-state index in [9.17, 15) is 13.6 Å². The van der Waals surface area contributed by atoms with Gasteiger partial charge in [-0.3, -0.25) is 9.69 Å². The highest BCUT2D eigenvalue weighted by Crippen LogP contribution is 2.18. The van der Waals surface area contributed by atoms with Gasteiger partial charge in [0.15, 0.2) is 11.6 Å². The van der Waals surface area contributed by atoms with E-state index in [2.05, 4.69) is 43.0 Å². The van der Waals surface area contributed by atoms with Crippen molar-refractivity contribution in [3.63, 3.8) is 0 Å². The van der Waals surface area contributed by atoms with E-state index in [4.69, 9.17) is 0 Å². The molecule has 0 atom stereocenters. The fourth-order valence-corrected chi connectivity index (χ4v) is 3.21. The molecule has 1 amide bonds. The highest BCUT2D eigenvalue weighted by Gasteiger charge is 2.25. The number of hydrogen-bond acceptors (Lipinski definition) is 2. The van der Waals surface area contributed by atoms with Crippen molar-refractivity contribution in [3.8, 4) is 0 Å². The highest BCUT2D eigenvalue weighted by molar-refractivity contribution is 5.94. The topological polar surface area (TPSA) is 23.6 Å². The maximum Gasteiger partial charge on any atom is 0.257 e. The molecule has 26 heavy (non-hydrogen) atoms. The lowest BCUT2D eigenvalue weighted by atomic mass is 10.0. The first kappa shape index (κ1) is 18.5. The van der Waals surface area contributed by atoms with Gasteiger partial charge in [-0.15, -0.1) is 0 Å². The number of hydrogen-bond donors (Lipinski definition) is 0. The predicted molar refractivity (Wildman–Crippen MR) is 98.1 cm³/mol. The summed E-state index contributed by atoms with van der Waals surface area (Å²) in [7, 11) is 0. The number of piperazine rings is 1. The van der Waals surface area contributed by atoms with Crippen LogP contribution >= 0.6 is 0 Å². The second kappa shape index (κ2) is 7.96. The van der Waals surface area contributed by atoms with Crippen molar-refractivity contribution >= 4 is 5.91 Å². The Morgan fingerprint density at radius 2 is 1.65 bits per heavy atom. The number of halogens is 2. The maximum atomic E-state index is 13.8. The number of benzene rings is 2. The van der Waals surface area contributed by atoms with E-state index in [0.717, 1.165) is 12.6 Å². The van der Waals surface area contributed by atoms with E-state index in [1.165, 1.54) is 23.3 Å². The van der Waals surface area contributed by atoms with Crippen LogP contribution in [0, 0.1) is 11.6 Å². The van der Waals surface area contributed by atoms with Crippen LogP contribution in [-0.2, 0) is 6.54 Å². The molecule has 0 unspecified atom stereocenters. The lowest BCUT2D eigenvalue weighted by Gasteiger charge is -2.34. The third kappa shape index (κ3) is 4.10. The average molecular weight is 358 g/mol. The Morgan fingerprint density at radius 1 is 1.00 bits per heavy atom. The standard InChI is InChI=1S/C21H24F2N2O/c1-15(2)17-8-6-16(7-9-17)14-24-10-12-25(13-11-24)21(26)18-4-3-5-19(22)20(18)23/h3-9,15H,10-14H2,1-2H3. The van der Waals surface area contributed by atoms with Crippen LogP contribution in [0.2, 0.25) is 0 Å². The lowest BCUT2D eigenvalue weighted by Crippen LogP contribution is -2.48. The number of rotatable bonds is 4. The van der Waals surface area contributed by atoms with E-state index in [-0.39, 0.29) is 5.56 Å². The Bertz CT molecular complexity index is 766. The Hall–Kier alpha value is -2.27. The zero-order valence-corrected chi connectivity index (χ0v) is 15.2. The molecule has 3 nitrogen and oxygen atoms in total. The number of nitrogens with zero attached hydrogens (tertiary/aromatic N) is 2. The second-order valence-electron chi connectivity index (χ2n) is 7.07. The van der Waals surface area contributed by atoms with Gasteiger partial charge in [-0.2, -0.15) is 0 Å². The van der Waals surface area contributed by atoms with Crippen molar-refractivity contribution in [2.45, 2.75) is 26.3 Å². The normalized spacial score (nSPS) is 15.5. The number of carbonyl (C=O) groups excluding carboxylic acids is 1. The summed E-state index contributed by atoms with van der Waals surface area (Å²) in [5, 5.41) is 0. The maximum absolute atomic E-state index is 13.8. The summed E-state index contributed by atoms with van der Waals surface area (Å²) in [5.74, 6) is -1.98. The van der Waals surface area contributed by atoms with Crippen molar-refractivity contribution in [2.24, 2.45) is 0 Å². The smallest absolute Gasteiger partial charge is 0.257 e. The zero-order chi connectivity index (χ0) is 18.7. The monoisotopic (exact) mass is 358 g/mol. The number of amides is 1. The van der Waals surface area contributed by atoms with Crippen molar-refractivity contribution in [2.75, 3.05) is 26.2 Å². The molecule has 1 heterocycles. The van der Waals surface area contributed by atoms with Crippen LogP contribution in [0.3, 0.4) is 0 Å². The molecule has 0 bridgehead atoms. The molecule has 2 aromatic rings. The minimum absolute atomic E-state index is 0.192. The van der Waals surface area contributed by atoms with Gasteiger partial charge in [0.05, 0.1) is 5.56 Å². The number of carbonyl (C=O) groups is 1. The van der Waals surface area contributed by atoms with Crippen LogP contribution in [0.25, 0.3) is 0 Å². The van der Waals surface area contributed by atoms with Crippen molar-refractivity contribution in [1.29, 1.82) is 0 Å². The van der Waals surface area contributed by atoms with Gasteiger partial charge in [-0.05, 0) is 29.2 Å². The third-order valence-electron chi connectivity index (χ3n) is 4.89. The molecule has 0 saturated carbocycles. The first-order chi connectivity index (χ1) is 12.5. The summed E-state index contributed by atoms with van der Waals surface area (Å²) >= 11 is 0. The quantitative estimate of drug-likeness (QED) is 0.823. The molecule has 0 spiro atoms. The molecule has 0 aliphatic carbocycles. The van der Waals surface area contributed by atoms with Crippen LogP contribution in [0.15, 0.2) is 42.5 Å². The van der Waals surface area contributed by atoms with Crippen molar-refractivity contribution in [1.82, 2.24) is 9.80 Å². The Balaban J connectivity index is 1.57. The zero-order valence-electron chi connectivity index (χ0n) is 15.2. The summed E-state index contributed by atoms with van der Waals surface area (Å²) in [6, 6.07) is 12.3. The first-order valence-corrected chi connectivity index (χ1v) is 9.00. The first-order valence-electron chi connectivity index (χ1n) is 9.00. The molecular formula is C21H24F2N2O. The summed E-state index contributed by atoms with van der Waals surface area (Å²) in [5.41, 5.74) is 2.37. The molecule has 0 radical (unpaired) electrons. The predicted octanol–water partition coefficient (Wildman–Crippen LogP) is 4.05. The van der Waals surface area contributed by atoms with Crippen LogP contribution in [0.5, 0.6) is 0 Å². The Labute approximate surface area is 153 Å². The minimum atomic E-state index is -1.06. The van der Waals surface area contributed by atoms with E-state index < -0.39 is 17.5 Å².